The van der Waals surface area contributed by atoms with Crippen LogP contribution in [-0.2, 0) is 12.8 Å². The van der Waals surface area contributed by atoms with Gasteiger partial charge in [0.1, 0.15) is 5.56 Å². The second-order valence-corrected chi connectivity index (χ2v) is 4.43. The zero-order valence-electron chi connectivity index (χ0n) is 9.69. The number of aryl methyl sites for hydroxylation is 2. The highest BCUT2D eigenvalue weighted by Gasteiger charge is 2.19. The van der Waals surface area contributed by atoms with E-state index in [-0.39, 0.29) is 5.56 Å². The molecule has 2 aromatic rings. The van der Waals surface area contributed by atoms with Crippen LogP contribution in [0.1, 0.15) is 21.6 Å². The number of carbonyl (C=O) groups excluding carboxylic acids is 1. The number of amides is 1. The number of aromatic nitrogens is 1. The molecule has 0 spiro atoms. The number of hydrogen-bond acceptors (Lipinski definition) is 2. The van der Waals surface area contributed by atoms with Gasteiger partial charge in [0.05, 0.1) is 0 Å². The van der Waals surface area contributed by atoms with Crippen LogP contribution in [0.2, 0.25) is 0 Å². The number of nitrogens with one attached hydrogen (secondary N) is 1. The maximum absolute atomic E-state index is 11.7. The van der Waals surface area contributed by atoms with Crippen LogP contribution in [0.5, 0.6) is 0 Å². The van der Waals surface area contributed by atoms with Gasteiger partial charge in [0.25, 0.3) is 11.5 Å². The van der Waals surface area contributed by atoms with E-state index >= 15 is 0 Å². The first-order valence-corrected chi connectivity index (χ1v) is 5.81. The fraction of sp³-hybridized carbons (Fsp3) is 0.143. The monoisotopic (exact) mass is 240 g/mol. The van der Waals surface area contributed by atoms with E-state index in [0.717, 1.165) is 29.7 Å². The van der Waals surface area contributed by atoms with E-state index in [2.05, 4.69) is 11.1 Å². The third-order valence-corrected chi connectivity index (χ3v) is 3.34. The Labute approximate surface area is 103 Å². The molecule has 1 amide bonds. The molecule has 0 saturated carbocycles. The lowest BCUT2D eigenvalue weighted by Gasteiger charge is -2.19. The van der Waals surface area contributed by atoms with Crippen LogP contribution in [0.15, 0.2) is 35.1 Å². The molecule has 1 aliphatic carbocycles. The van der Waals surface area contributed by atoms with Crippen molar-refractivity contribution in [3.8, 4) is 11.1 Å². The maximum atomic E-state index is 11.7. The largest absolute Gasteiger partial charge is 0.365 e. The van der Waals surface area contributed by atoms with Crippen LogP contribution in [0.3, 0.4) is 0 Å². The van der Waals surface area contributed by atoms with Crippen molar-refractivity contribution in [2.45, 2.75) is 12.8 Å². The van der Waals surface area contributed by atoms with Crippen molar-refractivity contribution in [3.63, 3.8) is 0 Å². The summed E-state index contributed by atoms with van der Waals surface area (Å²) in [6, 6.07) is 9.60. The standard InChI is InChI=1S/C14H12N2O2/c15-13(17)11-7-10-9-4-2-1-3-8(9)5-6-12(10)16-14(11)18/h1-4,7H,5-6H2,(H2,15,17)(H,16,18). The molecule has 3 rings (SSSR count). The Hall–Kier alpha value is -2.36. The summed E-state index contributed by atoms with van der Waals surface area (Å²) in [4.78, 5) is 25.7. The molecule has 18 heavy (non-hydrogen) atoms. The normalized spacial score (nSPS) is 12.7. The fourth-order valence-electron chi connectivity index (χ4n) is 2.45. The van der Waals surface area contributed by atoms with Gasteiger partial charge < -0.3 is 10.7 Å². The van der Waals surface area contributed by atoms with Gasteiger partial charge in [-0.05, 0) is 30.0 Å². The number of carbonyl (C=O) groups is 1. The average Bonchev–Trinajstić information content (AvgIpc) is 2.37. The van der Waals surface area contributed by atoms with Gasteiger partial charge in [0.2, 0.25) is 0 Å². The van der Waals surface area contributed by atoms with Gasteiger partial charge in [0.15, 0.2) is 0 Å². The molecule has 0 atom stereocenters. The predicted molar refractivity (Wildman–Crippen MR) is 68.4 cm³/mol. The van der Waals surface area contributed by atoms with Crippen molar-refractivity contribution in [2.24, 2.45) is 5.73 Å². The van der Waals surface area contributed by atoms with Crippen molar-refractivity contribution in [1.29, 1.82) is 0 Å². The van der Waals surface area contributed by atoms with Crippen molar-refractivity contribution in [3.05, 3.63) is 57.5 Å². The van der Waals surface area contributed by atoms with Crippen molar-refractivity contribution in [1.82, 2.24) is 4.98 Å². The van der Waals surface area contributed by atoms with Crippen LogP contribution in [0.4, 0.5) is 0 Å². The van der Waals surface area contributed by atoms with E-state index in [1.165, 1.54) is 5.56 Å². The highest BCUT2D eigenvalue weighted by Crippen LogP contribution is 2.31. The SMILES string of the molecule is NC(=O)c1cc2c([nH]c1=O)CCc1ccccc1-2. The highest BCUT2D eigenvalue weighted by atomic mass is 16.2. The zero-order chi connectivity index (χ0) is 12.7. The molecule has 0 unspecified atom stereocenters. The number of nitrogens with two attached hydrogens (primary N) is 1. The number of aromatic amines is 1. The van der Waals surface area contributed by atoms with Crippen LogP contribution in [0.25, 0.3) is 11.1 Å². The molecular weight excluding hydrogens is 228 g/mol. The summed E-state index contributed by atoms with van der Waals surface area (Å²) in [6.45, 7) is 0. The maximum Gasteiger partial charge on any atom is 0.261 e. The first kappa shape index (κ1) is 10.8. The molecule has 4 heteroatoms. The molecule has 0 radical (unpaired) electrons. The molecule has 0 saturated heterocycles. The quantitative estimate of drug-likeness (QED) is 0.786. The highest BCUT2D eigenvalue weighted by molar-refractivity contribution is 5.94. The molecule has 1 aromatic heterocycles. The predicted octanol–water partition coefficient (Wildman–Crippen LogP) is 1.24. The van der Waals surface area contributed by atoms with Crippen LogP contribution >= 0.6 is 0 Å². The summed E-state index contributed by atoms with van der Waals surface area (Å²) < 4.78 is 0. The van der Waals surface area contributed by atoms with Crippen molar-refractivity contribution in [2.75, 3.05) is 0 Å². The summed E-state index contributed by atoms with van der Waals surface area (Å²) in [5, 5.41) is 0. The number of primary amides is 1. The summed E-state index contributed by atoms with van der Waals surface area (Å²) in [5.74, 6) is -0.692. The summed E-state index contributed by atoms with van der Waals surface area (Å²) in [5.41, 5.74) is 8.91. The first-order valence-electron chi connectivity index (χ1n) is 5.81. The number of H-pyrrole nitrogens is 1. The molecule has 0 fully saturated rings. The van der Waals surface area contributed by atoms with Gasteiger partial charge in [-0.2, -0.15) is 0 Å². The van der Waals surface area contributed by atoms with Gasteiger partial charge >= 0.3 is 0 Å². The Morgan fingerprint density at radius 1 is 1.17 bits per heavy atom. The number of rotatable bonds is 1. The van der Waals surface area contributed by atoms with E-state index in [1.54, 1.807) is 6.07 Å². The first-order chi connectivity index (χ1) is 8.66. The summed E-state index contributed by atoms with van der Waals surface area (Å²) in [6.07, 6.45) is 1.68. The summed E-state index contributed by atoms with van der Waals surface area (Å²) >= 11 is 0. The smallest absolute Gasteiger partial charge is 0.261 e. The van der Waals surface area contributed by atoms with E-state index < -0.39 is 11.5 Å². The molecule has 1 aromatic carbocycles. The molecule has 1 aliphatic rings. The van der Waals surface area contributed by atoms with E-state index in [1.807, 2.05) is 18.2 Å². The third-order valence-electron chi connectivity index (χ3n) is 3.34. The minimum atomic E-state index is -0.692. The van der Waals surface area contributed by atoms with Gasteiger partial charge in [0, 0.05) is 11.3 Å². The lowest BCUT2D eigenvalue weighted by Crippen LogP contribution is -2.25. The minimum Gasteiger partial charge on any atom is -0.365 e. The van der Waals surface area contributed by atoms with Crippen molar-refractivity contribution >= 4 is 5.91 Å². The number of pyridine rings is 1. The molecule has 3 N–H and O–H groups in total. The van der Waals surface area contributed by atoms with E-state index in [4.69, 9.17) is 5.73 Å². The van der Waals surface area contributed by atoms with Crippen LogP contribution < -0.4 is 11.3 Å². The number of benzene rings is 1. The topological polar surface area (TPSA) is 76.0 Å². The molecular formula is C14H12N2O2. The zero-order valence-corrected chi connectivity index (χ0v) is 9.69. The molecule has 1 heterocycles. The van der Waals surface area contributed by atoms with E-state index in [9.17, 15) is 9.59 Å². The van der Waals surface area contributed by atoms with Crippen LogP contribution in [-0.4, -0.2) is 10.9 Å². The Morgan fingerprint density at radius 3 is 2.72 bits per heavy atom. The van der Waals surface area contributed by atoms with Crippen molar-refractivity contribution < 1.29 is 4.79 Å². The summed E-state index contributed by atoms with van der Waals surface area (Å²) in [7, 11) is 0. The average molecular weight is 240 g/mol. The Kier molecular flexibility index (Phi) is 2.30. The second-order valence-electron chi connectivity index (χ2n) is 4.43. The van der Waals surface area contributed by atoms with Gasteiger partial charge in [-0.3, -0.25) is 9.59 Å². The molecule has 0 bridgehead atoms. The minimum absolute atomic E-state index is 0.0189. The van der Waals surface area contributed by atoms with E-state index in [0.29, 0.717) is 0 Å². The second kappa shape index (κ2) is 3.84. The molecule has 4 nitrogen and oxygen atoms in total. The Bertz CT molecular complexity index is 701. The Morgan fingerprint density at radius 2 is 1.94 bits per heavy atom. The lowest BCUT2D eigenvalue weighted by molar-refractivity contribution is 0.0999. The Balaban J connectivity index is 2.30. The van der Waals surface area contributed by atoms with Gasteiger partial charge in [-0.15, -0.1) is 0 Å². The number of fused-ring (bicyclic) bond motifs is 3. The molecule has 0 aliphatic heterocycles. The van der Waals surface area contributed by atoms with Gasteiger partial charge in [-0.25, -0.2) is 0 Å². The lowest BCUT2D eigenvalue weighted by atomic mass is 9.88. The third kappa shape index (κ3) is 1.54. The fourth-order valence-corrected chi connectivity index (χ4v) is 2.45. The van der Waals surface area contributed by atoms with Gasteiger partial charge in [-0.1, -0.05) is 24.3 Å². The molecule has 90 valence electrons. The number of hydrogen-bond donors (Lipinski definition) is 2. The van der Waals surface area contributed by atoms with Crippen LogP contribution in [0, 0.1) is 0 Å².